The van der Waals surface area contributed by atoms with Crippen molar-refractivity contribution in [3.63, 3.8) is 0 Å². The van der Waals surface area contributed by atoms with Gasteiger partial charge in [-0.3, -0.25) is 9.59 Å². The quantitative estimate of drug-likeness (QED) is 0.629. The Morgan fingerprint density at radius 3 is 2.90 bits per heavy atom. The predicted octanol–water partition coefficient (Wildman–Crippen LogP) is 1.02. The summed E-state index contributed by atoms with van der Waals surface area (Å²) >= 11 is 4.34. The molecule has 0 spiro atoms. The summed E-state index contributed by atoms with van der Waals surface area (Å²) in [5.74, 6) is -0.319. The van der Waals surface area contributed by atoms with Gasteiger partial charge in [-0.15, -0.1) is 12.6 Å². The number of fused-ring (bicyclic) bond motifs is 1. The fourth-order valence-corrected chi connectivity index (χ4v) is 2.58. The Bertz CT molecular complexity index is 559. The standard InChI is InChI=1S/C14H16N2O3S/c1-15-13(18)6-5-9(8-17)16-7-11-10(14(16)19)3-2-4-12(11)20/h2-4,8-9,20H,5-7H2,1H3,(H,15,18). The molecule has 106 valence electrons. The van der Waals surface area contributed by atoms with Gasteiger partial charge in [0, 0.05) is 30.5 Å². The Labute approximate surface area is 122 Å². The SMILES string of the molecule is CNC(=O)CCC(C=O)N1Cc2c(S)cccc2C1=O. The number of nitrogens with one attached hydrogen (secondary N) is 1. The molecule has 1 atom stereocenters. The lowest BCUT2D eigenvalue weighted by atomic mass is 10.1. The Morgan fingerprint density at radius 2 is 2.30 bits per heavy atom. The molecule has 0 aromatic heterocycles. The number of thiol groups is 1. The molecule has 1 aromatic rings. The highest BCUT2D eigenvalue weighted by molar-refractivity contribution is 7.80. The van der Waals surface area contributed by atoms with Gasteiger partial charge < -0.3 is 15.0 Å². The van der Waals surface area contributed by atoms with Gasteiger partial charge in [0.1, 0.15) is 6.29 Å². The maximum Gasteiger partial charge on any atom is 0.255 e. The van der Waals surface area contributed by atoms with E-state index in [0.717, 1.165) is 16.7 Å². The average molecular weight is 292 g/mol. The molecule has 1 aromatic carbocycles. The molecule has 0 radical (unpaired) electrons. The topological polar surface area (TPSA) is 66.5 Å². The second-order valence-electron chi connectivity index (χ2n) is 4.65. The summed E-state index contributed by atoms with van der Waals surface area (Å²) in [5.41, 5.74) is 1.43. The number of hydrogen-bond donors (Lipinski definition) is 2. The second-order valence-corrected chi connectivity index (χ2v) is 5.13. The predicted molar refractivity (Wildman–Crippen MR) is 76.7 cm³/mol. The fourth-order valence-electron chi connectivity index (χ4n) is 2.31. The first kappa shape index (κ1) is 14.6. The van der Waals surface area contributed by atoms with E-state index in [1.54, 1.807) is 19.2 Å². The molecule has 1 aliphatic rings. The molecular weight excluding hydrogens is 276 g/mol. The molecule has 0 bridgehead atoms. The zero-order valence-electron chi connectivity index (χ0n) is 11.1. The normalized spacial score (nSPS) is 14.9. The van der Waals surface area contributed by atoms with E-state index >= 15 is 0 Å². The van der Waals surface area contributed by atoms with Crippen LogP contribution in [-0.4, -0.2) is 36.1 Å². The van der Waals surface area contributed by atoms with Crippen LogP contribution >= 0.6 is 12.6 Å². The van der Waals surface area contributed by atoms with Crippen LogP contribution in [0.3, 0.4) is 0 Å². The third kappa shape index (κ3) is 2.70. The number of hydrogen-bond acceptors (Lipinski definition) is 4. The molecule has 6 heteroatoms. The van der Waals surface area contributed by atoms with Gasteiger partial charge in [0.05, 0.1) is 6.04 Å². The summed E-state index contributed by atoms with van der Waals surface area (Å²) in [6, 6.07) is 4.74. The lowest BCUT2D eigenvalue weighted by Crippen LogP contribution is -2.37. The minimum Gasteiger partial charge on any atom is -0.359 e. The highest BCUT2D eigenvalue weighted by Crippen LogP contribution is 2.29. The van der Waals surface area contributed by atoms with Gasteiger partial charge in [0.15, 0.2) is 0 Å². The monoisotopic (exact) mass is 292 g/mol. The van der Waals surface area contributed by atoms with Crippen molar-refractivity contribution in [2.75, 3.05) is 7.05 Å². The van der Waals surface area contributed by atoms with E-state index in [4.69, 9.17) is 0 Å². The Balaban J connectivity index is 2.14. The van der Waals surface area contributed by atoms with Gasteiger partial charge in [0.25, 0.3) is 5.91 Å². The van der Waals surface area contributed by atoms with Crippen LogP contribution in [0.25, 0.3) is 0 Å². The van der Waals surface area contributed by atoms with Crippen LogP contribution in [0.15, 0.2) is 23.1 Å². The van der Waals surface area contributed by atoms with Crippen LogP contribution in [0, 0.1) is 0 Å². The Kier molecular flexibility index (Phi) is 4.44. The van der Waals surface area contributed by atoms with Crippen molar-refractivity contribution in [2.24, 2.45) is 0 Å². The molecule has 0 aliphatic carbocycles. The van der Waals surface area contributed by atoms with Gasteiger partial charge in [-0.2, -0.15) is 0 Å². The van der Waals surface area contributed by atoms with Crippen LogP contribution in [0.2, 0.25) is 0 Å². The van der Waals surface area contributed by atoms with Crippen molar-refractivity contribution in [3.8, 4) is 0 Å². The van der Waals surface area contributed by atoms with Gasteiger partial charge >= 0.3 is 0 Å². The van der Waals surface area contributed by atoms with E-state index in [9.17, 15) is 14.4 Å². The van der Waals surface area contributed by atoms with Crippen molar-refractivity contribution >= 4 is 30.7 Å². The average Bonchev–Trinajstić information content (AvgIpc) is 2.79. The van der Waals surface area contributed by atoms with Gasteiger partial charge in [-0.25, -0.2) is 0 Å². The van der Waals surface area contributed by atoms with Crippen molar-refractivity contribution in [1.82, 2.24) is 10.2 Å². The molecule has 1 heterocycles. The summed E-state index contributed by atoms with van der Waals surface area (Å²) < 4.78 is 0. The van der Waals surface area contributed by atoms with Crippen molar-refractivity contribution in [1.29, 1.82) is 0 Å². The molecule has 0 fully saturated rings. The molecule has 1 unspecified atom stereocenters. The maximum atomic E-state index is 12.3. The van der Waals surface area contributed by atoms with E-state index < -0.39 is 6.04 Å². The summed E-state index contributed by atoms with van der Waals surface area (Å²) in [5, 5.41) is 2.50. The van der Waals surface area contributed by atoms with Crippen molar-refractivity contribution < 1.29 is 14.4 Å². The minimum atomic E-state index is -0.583. The van der Waals surface area contributed by atoms with Gasteiger partial charge in [0.2, 0.25) is 5.91 Å². The smallest absolute Gasteiger partial charge is 0.255 e. The van der Waals surface area contributed by atoms with E-state index in [1.807, 2.05) is 6.07 Å². The number of amides is 2. The summed E-state index contributed by atoms with van der Waals surface area (Å²) in [6.45, 7) is 0.366. The zero-order valence-corrected chi connectivity index (χ0v) is 12.0. The number of benzene rings is 1. The van der Waals surface area contributed by atoms with Crippen LogP contribution < -0.4 is 5.32 Å². The lowest BCUT2D eigenvalue weighted by Gasteiger charge is -2.22. The first-order chi connectivity index (χ1) is 9.58. The van der Waals surface area contributed by atoms with Crippen LogP contribution in [0.5, 0.6) is 0 Å². The third-order valence-corrected chi connectivity index (χ3v) is 3.89. The van der Waals surface area contributed by atoms with E-state index in [2.05, 4.69) is 17.9 Å². The molecule has 5 nitrogen and oxygen atoms in total. The number of nitrogens with zero attached hydrogens (tertiary/aromatic N) is 1. The fraction of sp³-hybridized carbons (Fsp3) is 0.357. The number of rotatable bonds is 5. The third-order valence-electron chi connectivity index (χ3n) is 3.47. The highest BCUT2D eigenvalue weighted by Gasteiger charge is 2.33. The first-order valence-corrected chi connectivity index (χ1v) is 6.81. The van der Waals surface area contributed by atoms with Crippen molar-refractivity contribution in [3.05, 3.63) is 29.3 Å². The zero-order chi connectivity index (χ0) is 14.7. The Morgan fingerprint density at radius 1 is 1.55 bits per heavy atom. The molecule has 2 rings (SSSR count). The molecule has 2 amide bonds. The highest BCUT2D eigenvalue weighted by atomic mass is 32.1. The van der Waals surface area contributed by atoms with Crippen LogP contribution in [0.1, 0.15) is 28.8 Å². The molecule has 1 aliphatic heterocycles. The van der Waals surface area contributed by atoms with E-state index in [0.29, 0.717) is 18.5 Å². The molecule has 20 heavy (non-hydrogen) atoms. The van der Waals surface area contributed by atoms with Crippen molar-refractivity contribution in [2.45, 2.75) is 30.3 Å². The molecule has 0 saturated carbocycles. The second kappa shape index (κ2) is 6.09. The molecule has 1 N–H and O–H groups in total. The summed E-state index contributed by atoms with van der Waals surface area (Å²) in [4.78, 5) is 37.0. The van der Waals surface area contributed by atoms with Gasteiger partial charge in [-0.05, 0) is 24.1 Å². The van der Waals surface area contributed by atoms with Crippen LogP contribution in [0.4, 0.5) is 0 Å². The number of carbonyl (C=O) groups excluding carboxylic acids is 3. The minimum absolute atomic E-state index is 0.143. The number of aldehydes is 1. The molecular formula is C14H16N2O3S. The molecule has 0 saturated heterocycles. The van der Waals surface area contributed by atoms with Gasteiger partial charge in [-0.1, -0.05) is 6.07 Å². The van der Waals surface area contributed by atoms with Crippen LogP contribution in [-0.2, 0) is 16.1 Å². The summed E-state index contributed by atoms with van der Waals surface area (Å²) in [6.07, 6.45) is 1.27. The van der Waals surface area contributed by atoms with E-state index in [1.165, 1.54) is 4.90 Å². The lowest BCUT2D eigenvalue weighted by molar-refractivity contribution is -0.121. The largest absolute Gasteiger partial charge is 0.359 e. The van der Waals surface area contributed by atoms with E-state index in [-0.39, 0.29) is 18.2 Å². The summed E-state index contributed by atoms with van der Waals surface area (Å²) in [7, 11) is 1.54. The maximum absolute atomic E-state index is 12.3. The Hall–Kier alpha value is -1.82. The number of carbonyl (C=O) groups is 3. The first-order valence-electron chi connectivity index (χ1n) is 6.36.